The number of ether oxygens (including phenoxy) is 2. The van der Waals surface area contributed by atoms with E-state index in [9.17, 15) is 4.79 Å². The van der Waals surface area contributed by atoms with Crippen LogP contribution in [-0.2, 0) is 6.42 Å². The number of aromatic nitrogens is 2. The van der Waals surface area contributed by atoms with Gasteiger partial charge >= 0.3 is 0 Å². The second kappa shape index (κ2) is 8.54. The molecule has 3 rings (SSSR count). The molecule has 1 N–H and O–H groups in total. The van der Waals surface area contributed by atoms with Crippen LogP contribution in [0.1, 0.15) is 23.1 Å². The van der Waals surface area contributed by atoms with E-state index >= 15 is 0 Å². The molecule has 1 aromatic heterocycles. The molecule has 0 spiro atoms. The molecule has 1 heterocycles. The van der Waals surface area contributed by atoms with Crippen molar-refractivity contribution in [1.82, 2.24) is 9.78 Å². The predicted molar refractivity (Wildman–Crippen MR) is 110 cm³/mol. The minimum Gasteiger partial charge on any atom is -0.495 e. The first kappa shape index (κ1) is 20.0. The standard InChI is InChI=1S/C20H19Cl2N3O3/c1-4-13-9-17(24-25(13)14-7-5-6-12(21)8-14)20(26)23-16-11-18(27-2)15(22)10-19(16)28-3/h5-11H,4H2,1-3H3,(H,23,26). The molecular formula is C20H19Cl2N3O3. The van der Waals surface area contributed by atoms with Gasteiger partial charge in [0.25, 0.3) is 5.91 Å². The first-order valence-electron chi connectivity index (χ1n) is 8.54. The van der Waals surface area contributed by atoms with Crippen molar-refractivity contribution in [3.05, 3.63) is 63.9 Å². The monoisotopic (exact) mass is 419 g/mol. The molecule has 2 aromatic carbocycles. The fourth-order valence-electron chi connectivity index (χ4n) is 2.76. The summed E-state index contributed by atoms with van der Waals surface area (Å²) in [5.74, 6) is 0.471. The number of benzene rings is 2. The number of carbonyl (C=O) groups excluding carboxylic acids is 1. The van der Waals surface area contributed by atoms with Gasteiger partial charge in [-0.3, -0.25) is 4.79 Å². The van der Waals surface area contributed by atoms with E-state index in [1.165, 1.54) is 14.2 Å². The van der Waals surface area contributed by atoms with Crippen LogP contribution in [0.2, 0.25) is 10.0 Å². The molecule has 0 aliphatic heterocycles. The van der Waals surface area contributed by atoms with Crippen LogP contribution in [0.4, 0.5) is 5.69 Å². The summed E-state index contributed by atoms with van der Waals surface area (Å²) >= 11 is 12.2. The Morgan fingerprint density at radius 3 is 2.50 bits per heavy atom. The molecule has 0 radical (unpaired) electrons. The summed E-state index contributed by atoms with van der Waals surface area (Å²) in [6, 6.07) is 12.2. The van der Waals surface area contributed by atoms with Crippen LogP contribution in [0, 0.1) is 0 Å². The molecule has 146 valence electrons. The molecule has 28 heavy (non-hydrogen) atoms. The van der Waals surface area contributed by atoms with Crippen LogP contribution in [0.3, 0.4) is 0 Å². The zero-order valence-electron chi connectivity index (χ0n) is 15.6. The molecule has 0 bridgehead atoms. The van der Waals surface area contributed by atoms with E-state index in [1.54, 1.807) is 35.0 Å². The Kier molecular flexibility index (Phi) is 6.11. The number of hydrogen-bond acceptors (Lipinski definition) is 4. The van der Waals surface area contributed by atoms with Crippen LogP contribution in [0.5, 0.6) is 11.5 Å². The van der Waals surface area contributed by atoms with E-state index in [4.69, 9.17) is 32.7 Å². The van der Waals surface area contributed by atoms with Gasteiger partial charge in [0.05, 0.1) is 30.6 Å². The molecule has 0 saturated carbocycles. The lowest BCUT2D eigenvalue weighted by atomic mass is 10.2. The molecule has 0 atom stereocenters. The van der Waals surface area contributed by atoms with E-state index in [0.717, 1.165) is 11.4 Å². The zero-order valence-corrected chi connectivity index (χ0v) is 17.1. The number of nitrogens with one attached hydrogen (secondary N) is 1. The summed E-state index contributed by atoms with van der Waals surface area (Å²) in [5.41, 5.74) is 2.37. The Labute approximate surface area is 173 Å². The maximum absolute atomic E-state index is 12.8. The SMILES string of the molecule is CCc1cc(C(=O)Nc2cc(OC)c(Cl)cc2OC)nn1-c1cccc(Cl)c1. The zero-order chi connectivity index (χ0) is 20.3. The molecule has 0 aliphatic carbocycles. The first-order chi connectivity index (χ1) is 13.5. The number of nitrogens with zero attached hydrogens (tertiary/aromatic N) is 2. The topological polar surface area (TPSA) is 65.4 Å². The average molecular weight is 420 g/mol. The van der Waals surface area contributed by atoms with E-state index in [1.807, 2.05) is 19.1 Å². The normalized spacial score (nSPS) is 10.6. The average Bonchev–Trinajstić information content (AvgIpc) is 3.13. The quantitative estimate of drug-likeness (QED) is 0.609. The van der Waals surface area contributed by atoms with Gasteiger partial charge in [-0.15, -0.1) is 0 Å². The van der Waals surface area contributed by atoms with Crippen molar-refractivity contribution in [3.63, 3.8) is 0 Å². The summed E-state index contributed by atoms with van der Waals surface area (Å²) in [4.78, 5) is 12.8. The van der Waals surface area contributed by atoms with Crippen molar-refractivity contribution < 1.29 is 14.3 Å². The van der Waals surface area contributed by atoms with Crippen molar-refractivity contribution in [2.75, 3.05) is 19.5 Å². The Bertz CT molecular complexity index is 1020. The highest BCUT2D eigenvalue weighted by Crippen LogP contribution is 2.36. The lowest BCUT2D eigenvalue weighted by Gasteiger charge is -2.12. The maximum atomic E-state index is 12.8. The smallest absolute Gasteiger partial charge is 0.276 e. The van der Waals surface area contributed by atoms with E-state index in [2.05, 4.69) is 10.4 Å². The van der Waals surface area contributed by atoms with Gasteiger partial charge in [-0.05, 0) is 30.7 Å². The molecule has 6 nitrogen and oxygen atoms in total. The largest absolute Gasteiger partial charge is 0.495 e. The number of methoxy groups -OCH3 is 2. The van der Waals surface area contributed by atoms with E-state index in [-0.39, 0.29) is 11.6 Å². The first-order valence-corrected chi connectivity index (χ1v) is 9.30. The van der Waals surface area contributed by atoms with Crippen LogP contribution in [0.25, 0.3) is 5.69 Å². The van der Waals surface area contributed by atoms with Gasteiger partial charge in [0.2, 0.25) is 0 Å². The van der Waals surface area contributed by atoms with Gasteiger partial charge in [0.15, 0.2) is 5.69 Å². The van der Waals surface area contributed by atoms with Gasteiger partial charge < -0.3 is 14.8 Å². The number of carbonyl (C=O) groups is 1. The molecule has 0 fully saturated rings. The van der Waals surface area contributed by atoms with E-state index < -0.39 is 0 Å². The Balaban J connectivity index is 1.94. The second-order valence-electron chi connectivity index (χ2n) is 5.91. The highest BCUT2D eigenvalue weighted by Gasteiger charge is 2.18. The number of anilines is 1. The number of amides is 1. The Hall–Kier alpha value is -2.70. The Morgan fingerprint density at radius 2 is 1.86 bits per heavy atom. The number of halogens is 2. The summed E-state index contributed by atoms with van der Waals surface area (Å²) in [6.07, 6.45) is 0.699. The van der Waals surface area contributed by atoms with Gasteiger partial charge in [0, 0.05) is 22.8 Å². The van der Waals surface area contributed by atoms with Crippen LogP contribution in [0.15, 0.2) is 42.5 Å². The fourth-order valence-corrected chi connectivity index (χ4v) is 3.17. The van der Waals surface area contributed by atoms with Crippen LogP contribution < -0.4 is 14.8 Å². The summed E-state index contributed by atoms with van der Waals surface area (Å²) in [7, 11) is 3.00. The number of rotatable bonds is 6. The maximum Gasteiger partial charge on any atom is 0.276 e. The highest BCUT2D eigenvalue weighted by molar-refractivity contribution is 6.32. The molecule has 3 aromatic rings. The molecule has 1 amide bonds. The summed E-state index contributed by atoms with van der Waals surface area (Å²) in [5, 5.41) is 8.24. The van der Waals surface area contributed by atoms with Crippen molar-refractivity contribution >= 4 is 34.8 Å². The van der Waals surface area contributed by atoms with Crippen molar-refractivity contribution in [1.29, 1.82) is 0 Å². The Morgan fingerprint density at radius 1 is 1.11 bits per heavy atom. The predicted octanol–water partition coefficient (Wildman–Crippen LogP) is 5.01. The van der Waals surface area contributed by atoms with Crippen molar-refractivity contribution in [2.45, 2.75) is 13.3 Å². The van der Waals surface area contributed by atoms with Gasteiger partial charge in [-0.2, -0.15) is 5.10 Å². The summed E-state index contributed by atoms with van der Waals surface area (Å²) in [6.45, 7) is 1.99. The van der Waals surface area contributed by atoms with Gasteiger partial charge in [-0.1, -0.05) is 36.2 Å². The third kappa shape index (κ3) is 4.08. The number of aryl methyl sites for hydroxylation is 1. The van der Waals surface area contributed by atoms with E-state index in [0.29, 0.717) is 33.7 Å². The minimum atomic E-state index is -0.377. The van der Waals surface area contributed by atoms with Crippen molar-refractivity contribution in [2.24, 2.45) is 0 Å². The molecule has 0 aliphatic rings. The third-order valence-corrected chi connectivity index (χ3v) is 4.68. The van der Waals surface area contributed by atoms with Crippen molar-refractivity contribution in [3.8, 4) is 17.2 Å². The second-order valence-corrected chi connectivity index (χ2v) is 6.75. The molecule has 0 unspecified atom stereocenters. The third-order valence-electron chi connectivity index (χ3n) is 4.15. The minimum absolute atomic E-state index is 0.271. The molecule has 8 heteroatoms. The van der Waals surface area contributed by atoms with Gasteiger partial charge in [0.1, 0.15) is 11.5 Å². The van der Waals surface area contributed by atoms with Gasteiger partial charge in [-0.25, -0.2) is 4.68 Å². The summed E-state index contributed by atoms with van der Waals surface area (Å²) < 4.78 is 12.2. The lowest BCUT2D eigenvalue weighted by molar-refractivity contribution is 0.102. The van der Waals surface area contributed by atoms with Crippen LogP contribution in [-0.4, -0.2) is 29.9 Å². The molecule has 0 saturated heterocycles. The highest BCUT2D eigenvalue weighted by atomic mass is 35.5. The lowest BCUT2D eigenvalue weighted by Crippen LogP contribution is -2.14. The van der Waals surface area contributed by atoms with Crippen LogP contribution >= 0.6 is 23.2 Å². The fraction of sp³-hybridized carbons (Fsp3) is 0.200. The number of hydrogen-bond donors (Lipinski definition) is 1. The molecular weight excluding hydrogens is 401 g/mol.